The van der Waals surface area contributed by atoms with Crippen LogP contribution in [0.15, 0.2) is 53.1 Å². The summed E-state index contributed by atoms with van der Waals surface area (Å²) in [5, 5.41) is 0. The van der Waals surface area contributed by atoms with E-state index in [2.05, 4.69) is 20.9 Å². The largest absolute Gasteiger partial charge is 0.339 e. The van der Waals surface area contributed by atoms with Gasteiger partial charge >= 0.3 is 0 Å². The Labute approximate surface area is 155 Å². The van der Waals surface area contributed by atoms with Gasteiger partial charge in [-0.15, -0.1) is 0 Å². The van der Waals surface area contributed by atoms with Crippen molar-refractivity contribution < 1.29 is 9.59 Å². The number of hydrogen-bond donors (Lipinski definition) is 0. The highest BCUT2D eigenvalue weighted by atomic mass is 79.9. The van der Waals surface area contributed by atoms with Crippen molar-refractivity contribution in [3.8, 4) is 0 Å². The number of hydrogen-bond acceptors (Lipinski definition) is 3. The van der Waals surface area contributed by atoms with Gasteiger partial charge in [-0.25, -0.2) is 0 Å². The van der Waals surface area contributed by atoms with Crippen LogP contribution in [0.2, 0.25) is 0 Å². The van der Waals surface area contributed by atoms with Crippen molar-refractivity contribution in [2.45, 2.75) is 12.8 Å². The smallest absolute Gasteiger partial charge is 0.228 e. The summed E-state index contributed by atoms with van der Waals surface area (Å²) in [6.07, 6.45) is 2.41. The summed E-state index contributed by atoms with van der Waals surface area (Å²) in [6, 6.07) is 13.4. The fourth-order valence-corrected chi connectivity index (χ4v) is 3.13. The van der Waals surface area contributed by atoms with Gasteiger partial charge in [0.05, 0.1) is 12.8 Å². The van der Waals surface area contributed by atoms with Crippen molar-refractivity contribution >= 4 is 27.7 Å². The van der Waals surface area contributed by atoms with Crippen LogP contribution in [0.5, 0.6) is 0 Å². The van der Waals surface area contributed by atoms with Crippen LogP contribution in [0.1, 0.15) is 11.3 Å². The third-order valence-electron chi connectivity index (χ3n) is 4.31. The highest BCUT2D eigenvalue weighted by Crippen LogP contribution is 2.13. The van der Waals surface area contributed by atoms with Gasteiger partial charge in [-0.05, 0) is 29.8 Å². The molecule has 0 bridgehead atoms. The zero-order valence-electron chi connectivity index (χ0n) is 13.9. The summed E-state index contributed by atoms with van der Waals surface area (Å²) >= 11 is 3.39. The molecule has 0 spiro atoms. The van der Waals surface area contributed by atoms with Crippen LogP contribution in [0, 0.1) is 0 Å². The second-order valence-electron chi connectivity index (χ2n) is 6.06. The van der Waals surface area contributed by atoms with E-state index in [1.807, 2.05) is 52.3 Å². The van der Waals surface area contributed by atoms with E-state index < -0.39 is 0 Å². The van der Waals surface area contributed by atoms with E-state index in [9.17, 15) is 9.59 Å². The van der Waals surface area contributed by atoms with Gasteiger partial charge in [-0.3, -0.25) is 14.6 Å². The first-order valence-electron chi connectivity index (χ1n) is 8.32. The molecule has 1 saturated heterocycles. The molecule has 1 fully saturated rings. The Morgan fingerprint density at radius 3 is 2.04 bits per heavy atom. The van der Waals surface area contributed by atoms with Crippen molar-refractivity contribution in [2.24, 2.45) is 0 Å². The van der Waals surface area contributed by atoms with E-state index >= 15 is 0 Å². The molecule has 0 radical (unpaired) electrons. The molecular formula is C19H20BrN3O2. The summed E-state index contributed by atoms with van der Waals surface area (Å²) in [4.78, 5) is 32.6. The summed E-state index contributed by atoms with van der Waals surface area (Å²) in [6.45, 7) is 2.34. The van der Waals surface area contributed by atoms with Crippen LogP contribution >= 0.6 is 15.9 Å². The lowest BCUT2D eigenvalue weighted by Gasteiger charge is -2.35. The van der Waals surface area contributed by atoms with Crippen LogP contribution in [0.3, 0.4) is 0 Å². The quantitative estimate of drug-likeness (QED) is 0.789. The van der Waals surface area contributed by atoms with Gasteiger partial charge in [0.15, 0.2) is 0 Å². The second-order valence-corrected chi connectivity index (χ2v) is 6.98. The van der Waals surface area contributed by atoms with Gasteiger partial charge in [0, 0.05) is 42.5 Å². The van der Waals surface area contributed by atoms with Gasteiger partial charge in [0.1, 0.15) is 0 Å². The van der Waals surface area contributed by atoms with Crippen LogP contribution in [-0.4, -0.2) is 52.8 Å². The molecule has 3 rings (SSSR count). The molecule has 5 nitrogen and oxygen atoms in total. The third kappa shape index (κ3) is 4.89. The number of nitrogens with zero attached hydrogens (tertiary/aromatic N) is 3. The van der Waals surface area contributed by atoms with Gasteiger partial charge < -0.3 is 9.80 Å². The number of piperazine rings is 1. The predicted molar refractivity (Wildman–Crippen MR) is 98.9 cm³/mol. The molecule has 0 aliphatic carbocycles. The lowest BCUT2D eigenvalue weighted by molar-refractivity contribution is -0.138. The van der Waals surface area contributed by atoms with Crippen molar-refractivity contribution in [3.05, 3.63) is 64.4 Å². The molecule has 0 saturated carbocycles. The zero-order valence-corrected chi connectivity index (χ0v) is 15.5. The summed E-state index contributed by atoms with van der Waals surface area (Å²) < 4.78 is 1.00. The number of benzene rings is 1. The number of carbonyl (C=O) groups is 2. The maximum absolute atomic E-state index is 12.4. The minimum Gasteiger partial charge on any atom is -0.339 e. The first-order valence-corrected chi connectivity index (χ1v) is 9.11. The topological polar surface area (TPSA) is 53.5 Å². The maximum Gasteiger partial charge on any atom is 0.228 e. The SMILES string of the molecule is O=C(Cc1ccc(Br)cc1)N1CCN(C(=O)Cc2ccccn2)CC1. The monoisotopic (exact) mass is 401 g/mol. The van der Waals surface area contributed by atoms with E-state index in [0.717, 1.165) is 15.7 Å². The third-order valence-corrected chi connectivity index (χ3v) is 4.84. The fraction of sp³-hybridized carbons (Fsp3) is 0.316. The average Bonchev–Trinajstić information content (AvgIpc) is 2.64. The molecule has 6 heteroatoms. The Kier molecular flexibility index (Phi) is 5.81. The first kappa shape index (κ1) is 17.6. The number of halogens is 1. The van der Waals surface area contributed by atoms with Gasteiger partial charge in [-0.2, -0.15) is 0 Å². The molecule has 2 amide bonds. The van der Waals surface area contributed by atoms with Gasteiger partial charge in [-0.1, -0.05) is 34.1 Å². The molecule has 0 atom stereocenters. The average molecular weight is 402 g/mol. The fourth-order valence-electron chi connectivity index (χ4n) is 2.86. The van der Waals surface area contributed by atoms with Crippen LogP contribution in [0.25, 0.3) is 0 Å². The van der Waals surface area contributed by atoms with Crippen molar-refractivity contribution in [2.75, 3.05) is 26.2 Å². The molecule has 1 aromatic heterocycles. The van der Waals surface area contributed by atoms with E-state index in [4.69, 9.17) is 0 Å². The van der Waals surface area contributed by atoms with Crippen LogP contribution < -0.4 is 0 Å². The first-order chi connectivity index (χ1) is 12.1. The van der Waals surface area contributed by atoms with E-state index in [-0.39, 0.29) is 11.8 Å². The Hall–Kier alpha value is -2.21. The molecule has 1 aliphatic heterocycles. The lowest BCUT2D eigenvalue weighted by Crippen LogP contribution is -2.51. The summed E-state index contributed by atoms with van der Waals surface area (Å²) in [7, 11) is 0. The van der Waals surface area contributed by atoms with E-state index in [0.29, 0.717) is 39.0 Å². The number of rotatable bonds is 4. The molecular weight excluding hydrogens is 382 g/mol. The standard InChI is InChI=1S/C19H20BrN3O2/c20-16-6-4-15(5-7-16)13-18(24)22-9-11-23(12-10-22)19(25)14-17-3-1-2-8-21-17/h1-8H,9-14H2. The minimum absolute atomic E-state index is 0.0682. The molecule has 1 aromatic carbocycles. The lowest BCUT2D eigenvalue weighted by atomic mass is 10.1. The highest BCUT2D eigenvalue weighted by molar-refractivity contribution is 9.10. The highest BCUT2D eigenvalue weighted by Gasteiger charge is 2.24. The number of carbonyl (C=O) groups excluding carboxylic acids is 2. The van der Waals surface area contributed by atoms with Crippen molar-refractivity contribution in [3.63, 3.8) is 0 Å². The van der Waals surface area contributed by atoms with E-state index in [1.165, 1.54) is 0 Å². The van der Waals surface area contributed by atoms with Crippen molar-refractivity contribution in [1.82, 2.24) is 14.8 Å². The predicted octanol–water partition coefficient (Wildman–Crippen LogP) is 2.30. The van der Waals surface area contributed by atoms with Crippen LogP contribution in [-0.2, 0) is 22.4 Å². The molecule has 130 valence electrons. The Morgan fingerprint density at radius 2 is 1.48 bits per heavy atom. The molecule has 0 N–H and O–H groups in total. The van der Waals surface area contributed by atoms with Gasteiger partial charge in [0.25, 0.3) is 0 Å². The molecule has 0 unspecified atom stereocenters. The number of pyridine rings is 1. The summed E-state index contributed by atoms with van der Waals surface area (Å²) in [5.74, 6) is 0.179. The molecule has 25 heavy (non-hydrogen) atoms. The maximum atomic E-state index is 12.4. The van der Waals surface area contributed by atoms with Crippen LogP contribution in [0.4, 0.5) is 0 Å². The molecule has 1 aliphatic rings. The number of amides is 2. The normalized spacial score (nSPS) is 14.4. The number of aromatic nitrogens is 1. The summed E-state index contributed by atoms with van der Waals surface area (Å²) in [5.41, 5.74) is 1.78. The van der Waals surface area contributed by atoms with E-state index in [1.54, 1.807) is 6.20 Å². The molecule has 2 heterocycles. The Balaban J connectivity index is 1.48. The Bertz CT molecular complexity index is 726. The second kappa shape index (κ2) is 8.25. The van der Waals surface area contributed by atoms with Crippen molar-refractivity contribution in [1.29, 1.82) is 0 Å². The minimum atomic E-state index is 0.0682. The Morgan fingerprint density at radius 1 is 0.880 bits per heavy atom. The van der Waals surface area contributed by atoms with Gasteiger partial charge in [0.2, 0.25) is 11.8 Å². The molecule has 2 aromatic rings. The zero-order chi connectivity index (χ0) is 17.6.